The molecule has 0 radical (unpaired) electrons. The van der Waals surface area contributed by atoms with E-state index in [1.54, 1.807) is 6.92 Å². The standard InChI is InChI=1S/C11H15N3O/c1-5-6-12-7(2)10-8(3)13-9(4)14-11(10)15/h1,7,12H,6H2,2-4H3,(H,13,14,15). The van der Waals surface area contributed by atoms with Crippen molar-refractivity contribution in [3.05, 3.63) is 27.4 Å². The minimum absolute atomic E-state index is 0.0853. The highest BCUT2D eigenvalue weighted by Gasteiger charge is 2.13. The van der Waals surface area contributed by atoms with Gasteiger partial charge in [-0.05, 0) is 20.8 Å². The zero-order valence-corrected chi connectivity index (χ0v) is 9.22. The molecule has 1 heterocycles. The zero-order chi connectivity index (χ0) is 11.4. The van der Waals surface area contributed by atoms with Crippen molar-refractivity contribution in [3.63, 3.8) is 0 Å². The van der Waals surface area contributed by atoms with Crippen molar-refractivity contribution in [2.24, 2.45) is 0 Å². The fraction of sp³-hybridized carbons (Fsp3) is 0.455. The van der Waals surface area contributed by atoms with E-state index in [-0.39, 0.29) is 11.6 Å². The van der Waals surface area contributed by atoms with E-state index in [1.165, 1.54) is 0 Å². The maximum absolute atomic E-state index is 11.7. The number of nitrogens with zero attached hydrogens (tertiary/aromatic N) is 1. The predicted octanol–water partition coefficient (Wildman–Crippen LogP) is 0.671. The Morgan fingerprint density at radius 2 is 2.27 bits per heavy atom. The first kappa shape index (κ1) is 11.5. The van der Waals surface area contributed by atoms with Gasteiger partial charge in [0.25, 0.3) is 5.56 Å². The summed E-state index contributed by atoms with van der Waals surface area (Å²) in [6, 6.07) is -0.0853. The van der Waals surface area contributed by atoms with E-state index in [2.05, 4.69) is 21.2 Å². The molecule has 1 aromatic heterocycles. The molecular formula is C11H15N3O. The van der Waals surface area contributed by atoms with Crippen molar-refractivity contribution < 1.29 is 0 Å². The van der Waals surface area contributed by atoms with Crippen LogP contribution in [0, 0.1) is 26.2 Å². The smallest absolute Gasteiger partial charge is 0.255 e. The average molecular weight is 205 g/mol. The second kappa shape index (κ2) is 4.76. The molecule has 1 aromatic rings. The number of aromatic amines is 1. The number of aromatic nitrogens is 2. The lowest BCUT2D eigenvalue weighted by atomic mass is 10.1. The van der Waals surface area contributed by atoms with Crippen molar-refractivity contribution >= 4 is 0 Å². The highest BCUT2D eigenvalue weighted by molar-refractivity contribution is 5.20. The van der Waals surface area contributed by atoms with Gasteiger partial charge in [-0.3, -0.25) is 10.1 Å². The zero-order valence-electron chi connectivity index (χ0n) is 9.22. The van der Waals surface area contributed by atoms with Gasteiger partial charge in [-0.1, -0.05) is 5.92 Å². The van der Waals surface area contributed by atoms with Crippen LogP contribution in [0.15, 0.2) is 4.79 Å². The topological polar surface area (TPSA) is 57.8 Å². The Bertz CT molecular complexity index is 442. The molecule has 1 unspecified atom stereocenters. The summed E-state index contributed by atoms with van der Waals surface area (Å²) in [6.07, 6.45) is 5.14. The Morgan fingerprint density at radius 3 is 2.80 bits per heavy atom. The van der Waals surface area contributed by atoms with Crippen LogP contribution >= 0.6 is 0 Å². The van der Waals surface area contributed by atoms with Gasteiger partial charge >= 0.3 is 0 Å². The third kappa shape index (κ3) is 2.67. The summed E-state index contributed by atoms with van der Waals surface area (Å²) >= 11 is 0. The van der Waals surface area contributed by atoms with Crippen LogP contribution in [-0.2, 0) is 0 Å². The fourth-order valence-electron chi connectivity index (χ4n) is 1.56. The fourth-order valence-corrected chi connectivity index (χ4v) is 1.56. The van der Waals surface area contributed by atoms with Crippen LogP contribution in [0.3, 0.4) is 0 Å². The Morgan fingerprint density at radius 1 is 1.60 bits per heavy atom. The molecule has 1 rings (SSSR count). The minimum atomic E-state index is -0.1000. The van der Waals surface area contributed by atoms with Crippen molar-refractivity contribution in [1.82, 2.24) is 15.3 Å². The van der Waals surface area contributed by atoms with Gasteiger partial charge in [0, 0.05) is 11.7 Å². The van der Waals surface area contributed by atoms with Crippen molar-refractivity contribution in [2.75, 3.05) is 6.54 Å². The normalized spacial score (nSPS) is 12.1. The van der Waals surface area contributed by atoms with Crippen LogP contribution < -0.4 is 10.9 Å². The number of terminal acetylenes is 1. The number of nitrogens with one attached hydrogen (secondary N) is 2. The van der Waals surface area contributed by atoms with E-state index in [0.717, 1.165) is 5.69 Å². The number of hydrogen-bond acceptors (Lipinski definition) is 3. The van der Waals surface area contributed by atoms with Gasteiger partial charge in [-0.2, -0.15) is 0 Å². The van der Waals surface area contributed by atoms with Gasteiger partial charge in [0.1, 0.15) is 5.82 Å². The Kier molecular flexibility index (Phi) is 3.64. The van der Waals surface area contributed by atoms with Crippen LogP contribution in [0.5, 0.6) is 0 Å². The maximum Gasteiger partial charge on any atom is 0.255 e. The lowest BCUT2D eigenvalue weighted by Gasteiger charge is -2.13. The molecule has 0 aliphatic rings. The Hall–Kier alpha value is -1.60. The van der Waals surface area contributed by atoms with E-state index >= 15 is 0 Å². The van der Waals surface area contributed by atoms with Gasteiger partial charge in [0.05, 0.1) is 12.1 Å². The van der Waals surface area contributed by atoms with E-state index < -0.39 is 0 Å². The molecule has 0 aromatic carbocycles. The molecule has 0 saturated carbocycles. The van der Waals surface area contributed by atoms with Gasteiger partial charge in [0.2, 0.25) is 0 Å². The minimum Gasteiger partial charge on any atom is -0.310 e. The Labute approximate surface area is 89.1 Å². The molecule has 0 aliphatic heterocycles. The summed E-state index contributed by atoms with van der Waals surface area (Å²) in [5.41, 5.74) is 1.29. The molecule has 4 nitrogen and oxygen atoms in total. The summed E-state index contributed by atoms with van der Waals surface area (Å²) < 4.78 is 0. The molecule has 0 saturated heterocycles. The van der Waals surface area contributed by atoms with E-state index in [9.17, 15) is 4.79 Å². The molecule has 80 valence electrons. The highest BCUT2D eigenvalue weighted by atomic mass is 16.1. The molecule has 15 heavy (non-hydrogen) atoms. The first-order valence-electron chi connectivity index (χ1n) is 4.80. The van der Waals surface area contributed by atoms with Gasteiger partial charge in [-0.25, -0.2) is 4.98 Å². The van der Waals surface area contributed by atoms with Crippen LogP contribution in [0.25, 0.3) is 0 Å². The number of aryl methyl sites for hydroxylation is 2. The predicted molar refractivity (Wildman–Crippen MR) is 59.6 cm³/mol. The van der Waals surface area contributed by atoms with E-state index in [1.807, 2.05) is 13.8 Å². The number of hydrogen-bond donors (Lipinski definition) is 2. The van der Waals surface area contributed by atoms with Gasteiger partial charge in [0.15, 0.2) is 0 Å². The summed E-state index contributed by atoms with van der Waals surface area (Å²) in [6.45, 7) is 5.92. The first-order valence-corrected chi connectivity index (χ1v) is 4.80. The molecule has 0 aliphatic carbocycles. The molecule has 0 spiro atoms. The molecule has 0 bridgehead atoms. The highest BCUT2D eigenvalue weighted by Crippen LogP contribution is 2.09. The summed E-state index contributed by atoms with van der Waals surface area (Å²) in [5, 5.41) is 3.05. The molecular weight excluding hydrogens is 190 g/mol. The van der Waals surface area contributed by atoms with E-state index in [0.29, 0.717) is 17.9 Å². The summed E-state index contributed by atoms with van der Waals surface area (Å²) in [5.74, 6) is 3.10. The van der Waals surface area contributed by atoms with Crippen LogP contribution in [0.4, 0.5) is 0 Å². The molecule has 4 heteroatoms. The van der Waals surface area contributed by atoms with Gasteiger partial charge < -0.3 is 4.98 Å². The first-order chi connectivity index (χ1) is 7.06. The SMILES string of the molecule is C#CCNC(C)c1c(C)nc(C)[nH]c1=O. The van der Waals surface area contributed by atoms with Crippen molar-refractivity contribution in [3.8, 4) is 12.3 Å². The lowest BCUT2D eigenvalue weighted by Crippen LogP contribution is -2.28. The average Bonchev–Trinajstić information content (AvgIpc) is 2.12. The summed E-state index contributed by atoms with van der Waals surface area (Å²) in [4.78, 5) is 18.6. The molecule has 0 fully saturated rings. The largest absolute Gasteiger partial charge is 0.310 e. The number of H-pyrrole nitrogens is 1. The Balaban J connectivity index is 3.04. The molecule has 1 atom stereocenters. The third-order valence-corrected chi connectivity index (χ3v) is 2.21. The second-order valence-corrected chi connectivity index (χ2v) is 3.46. The van der Waals surface area contributed by atoms with Crippen LogP contribution in [0.1, 0.15) is 30.0 Å². The van der Waals surface area contributed by atoms with Crippen molar-refractivity contribution in [1.29, 1.82) is 0 Å². The number of rotatable bonds is 3. The molecule has 0 amide bonds. The van der Waals surface area contributed by atoms with Crippen LogP contribution in [0.2, 0.25) is 0 Å². The van der Waals surface area contributed by atoms with E-state index in [4.69, 9.17) is 6.42 Å². The van der Waals surface area contributed by atoms with Crippen molar-refractivity contribution in [2.45, 2.75) is 26.8 Å². The summed E-state index contributed by atoms with van der Waals surface area (Å²) in [7, 11) is 0. The second-order valence-electron chi connectivity index (χ2n) is 3.46. The lowest BCUT2D eigenvalue weighted by molar-refractivity contribution is 0.606. The monoisotopic (exact) mass is 205 g/mol. The van der Waals surface area contributed by atoms with Crippen LogP contribution in [-0.4, -0.2) is 16.5 Å². The third-order valence-electron chi connectivity index (χ3n) is 2.21. The quantitative estimate of drug-likeness (QED) is 0.713. The molecule has 2 N–H and O–H groups in total. The maximum atomic E-state index is 11.7. The van der Waals surface area contributed by atoms with Gasteiger partial charge in [-0.15, -0.1) is 6.42 Å².